The molecule has 3 N–H and O–H groups in total. The minimum Gasteiger partial charge on any atom is -0.396 e. The van der Waals surface area contributed by atoms with Crippen LogP contribution in [0.5, 0.6) is 0 Å². The van der Waals surface area contributed by atoms with Crippen molar-refractivity contribution < 1.29 is 9.90 Å². The number of unbranched alkanes of at least 4 members (excludes halogenated alkanes) is 2. The van der Waals surface area contributed by atoms with Gasteiger partial charge in [-0.25, -0.2) is 0 Å². The number of carbonyl (C=O) groups excluding carboxylic acids is 1. The monoisotopic (exact) mass is 242 g/mol. The molecule has 1 saturated heterocycles. The normalized spacial score (nSPS) is 21.6. The van der Waals surface area contributed by atoms with E-state index in [1.54, 1.807) is 0 Å². The molecule has 0 saturated carbocycles. The molecule has 1 rings (SSSR count). The maximum Gasteiger partial charge on any atom is 0.237 e. The van der Waals surface area contributed by atoms with Gasteiger partial charge in [-0.15, -0.1) is 0 Å². The first-order valence-electron chi connectivity index (χ1n) is 6.96. The van der Waals surface area contributed by atoms with Crippen LogP contribution in [-0.4, -0.2) is 36.8 Å². The second-order valence-electron chi connectivity index (χ2n) is 4.78. The molecule has 0 radical (unpaired) electrons. The van der Waals surface area contributed by atoms with Crippen LogP contribution >= 0.6 is 0 Å². The lowest BCUT2D eigenvalue weighted by Gasteiger charge is -2.20. The van der Waals surface area contributed by atoms with Crippen molar-refractivity contribution in [2.45, 2.75) is 57.4 Å². The summed E-state index contributed by atoms with van der Waals surface area (Å²) in [7, 11) is 0. The highest BCUT2D eigenvalue weighted by Gasteiger charge is 2.17. The van der Waals surface area contributed by atoms with Crippen LogP contribution in [0, 0.1) is 0 Å². The molecule has 0 spiro atoms. The fourth-order valence-corrected chi connectivity index (χ4v) is 2.18. The van der Waals surface area contributed by atoms with Crippen LogP contribution in [-0.2, 0) is 4.79 Å². The molecule has 0 aromatic carbocycles. The van der Waals surface area contributed by atoms with Crippen LogP contribution < -0.4 is 10.6 Å². The third-order valence-corrected chi connectivity index (χ3v) is 3.26. The summed E-state index contributed by atoms with van der Waals surface area (Å²) >= 11 is 0. The first-order valence-corrected chi connectivity index (χ1v) is 6.96. The van der Waals surface area contributed by atoms with Crippen LogP contribution in [0.1, 0.15) is 51.4 Å². The van der Waals surface area contributed by atoms with Crippen molar-refractivity contribution in [3.63, 3.8) is 0 Å². The van der Waals surface area contributed by atoms with Crippen molar-refractivity contribution in [1.82, 2.24) is 10.6 Å². The Morgan fingerprint density at radius 1 is 1.18 bits per heavy atom. The zero-order valence-electron chi connectivity index (χ0n) is 10.7. The quantitative estimate of drug-likeness (QED) is 0.613. The molecular formula is C13H26N2O2. The molecule has 1 atom stereocenters. The van der Waals surface area contributed by atoms with Gasteiger partial charge in [0.2, 0.25) is 5.91 Å². The fraction of sp³-hybridized carbons (Fsp3) is 0.923. The van der Waals surface area contributed by atoms with E-state index in [-0.39, 0.29) is 18.6 Å². The van der Waals surface area contributed by atoms with E-state index in [4.69, 9.17) is 5.11 Å². The van der Waals surface area contributed by atoms with E-state index in [2.05, 4.69) is 10.6 Å². The molecule has 1 aliphatic heterocycles. The van der Waals surface area contributed by atoms with E-state index < -0.39 is 0 Å². The van der Waals surface area contributed by atoms with Crippen molar-refractivity contribution in [3.8, 4) is 0 Å². The fourth-order valence-electron chi connectivity index (χ4n) is 2.18. The average Bonchev–Trinajstić information content (AvgIpc) is 2.28. The molecule has 1 fully saturated rings. The van der Waals surface area contributed by atoms with E-state index >= 15 is 0 Å². The van der Waals surface area contributed by atoms with Gasteiger partial charge < -0.3 is 15.7 Å². The second-order valence-corrected chi connectivity index (χ2v) is 4.78. The second kappa shape index (κ2) is 9.42. The highest BCUT2D eigenvalue weighted by atomic mass is 16.2. The summed E-state index contributed by atoms with van der Waals surface area (Å²) in [5.74, 6) is 0.149. The molecule has 0 bridgehead atoms. The number of carbonyl (C=O) groups is 1. The molecule has 0 aromatic rings. The van der Waals surface area contributed by atoms with Gasteiger partial charge in [0.1, 0.15) is 0 Å². The summed E-state index contributed by atoms with van der Waals surface area (Å²) in [6.45, 7) is 1.94. The topological polar surface area (TPSA) is 61.4 Å². The number of aliphatic hydroxyl groups excluding tert-OH is 1. The summed E-state index contributed by atoms with van der Waals surface area (Å²) in [4.78, 5) is 11.9. The van der Waals surface area contributed by atoms with Crippen LogP contribution in [0.15, 0.2) is 0 Å². The Hall–Kier alpha value is -0.610. The molecule has 100 valence electrons. The summed E-state index contributed by atoms with van der Waals surface area (Å²) in [6.07, 6.45) is 8.59. The largest absolute Gasteiger partial charge is 0.396 e. The predicted octanol–water partition coefficient (Wildman–Crippen LogP) is 1.19. The number of nitrogens with one attached hydrogen (secondary N) is 2. The van der Waals surface area contributed by atoms with Gasteiger partial charge in [0.15, 0.2) is 0 Å². The lowest BCUT2D eigenvalue weighted by Crippen LogP contribution is -2.45. The zero-order chi connectivity index (χ0) is 12.3. The van der Waals surface area contributed by atoms with Crippen LogP contribution in [0.4, 0.5) is 0 Å². The van der Waals surface area contributed by atoms with Gasteiger partial charge in [0.25, 0.3) is 0 Å². The minimum atomic E-state index is 0.00754. The van der Waals surface area contributed by atoms with Crippen molar-refractivity contribution in [2.24, 2.45) is 0 Å². The standard InChI is InChI=1S/C13H26N2O2/c16-11-7-3-6-10-15-13(17)12-8-4-1-2-5-9-14-12/h12,14,16H,1-11H2,(H,15,17). The smallest absolute Gasteiger partial charge is 0.237 e. The SMILES string of the molecule is O=C(NCCCCCO)C1CCCCCCN1. The van der Waals surface area contributed by atoms with E-state index in [0.717, 1.165) is 45.2 Å². The molecular weight excluding hydrogens is 216 g/mol. The molecule has 4 nitrogen and oxygen atoms in total. The molecule has 1 aliphatic rings. The van der Waals surface area contributed by atoms with E-state index in [9.17, 15) is 4.79 Å². The van der Waals surface area contributed by atoms with Gasteiger partial charge in [-0.1, -0.05) is 19.3 Å². The van der Waals surface area contributed by atoms with Crippen molar-refractivity contribution in [3.05, 3.63) is 0 Å². The Kier molecular flexibility index (Phi) is 8.01. The minimum absolute atomic E-state index is 0.00754. The third kappa shape index (κ3) is 6.64. The van der Waals surface area contributed by atoms with Gasteiger partial charge in [0, 0.05) is 13.2 Å². The molecule has 0 aromatic heterocycles. The molecule has 17 heavy (non-hydrogen) atoms. The van der Waals surface area contributed by atoms with Crippen LogP contribution in [0.3, 0.4) is 0 Å². The lowest BCUT2D eigenvalue weighted by molar-refractivity contribution is -0.123. The summed E-state index contributed by atoms with van der Waals surface area (Å²) in [5, 5.41) is 14.9. The Bertz CT molecular complexity index is 202. The number of hydrogen-bond acceptors (Lipinski definition) is 3. The van der Waals surface area contributed by atoms with Crippen molar-refractivity contribution in [1.29, 1.82) is 0 Å². The van der Waals surface area contributed by atoms with Crippen molar-refractivity contribution in [2.75, 3.05) is 19.7 Å². The van der Waals surface area contributed by atoms with Gasteiger partial charge in [-0.05, 0) is 38.6 Å². The predicted molar refractivity (Wildman–Crippen MR) is 68.8 cm³/mol. The maximum atomic E-state index is 11.9. The Morgan fingerprint density at radius 2 is 2.00 bits per heavy atom. The van der Waals surface area contributed by atoms with Gasteiger partial charge in [0.05, 0.1) is 6.04 Å². The summed E-state index contributed by atoms with van der Waals surface area (Å²) in [6, 6.07) is 0.00754. The Morgan fingerprint density at radius 3 is 2.82 bits per heavy atom. The highest BCUT2D eigenvalue weighted by Crippen LogP contribution is 2.09. The molecule has 1 amide bonds. The first kappa shape index (κ1) is 14.5. The van der Waals surface area contributed by atoms with E-state index in [0.29, 0.717) is 0 Å². The average molecular weight is 242 g/mol. The Labute approximate surface area is 104 Å². The van der Waals surface area contributed by atoms with E-state index in [1.165, 1.54) is 19.3 Å². The van der Waals surface area contributed by atoms with Crippen LogP contribution in [0.25, 0.3) is 0 Å². The summed E-state index contributed by atoms with van der Waals surface area (Å²) in [5.41, 5.74) is 0. The first-order chi connectivity index (χ1) is 8.34. The van der Waals surface area contributed by atoms with Crippen molar-refractivity contribution >= 4 is 5.91 Å². The van der Waals surface area contributed by atoms with E-state index in [1.807, 2.05) is 0 Å². The molecule has 4 heteroatoms. The third-order valence-electron chi connectivity index (χ3n) is 3.26. The maximum absolute atomic E-state index is 11.9. The molecule has 0 aliphatic carbocycles. The van der Waals surface area contributed by atoms with Gasteiger partial charge >= 0.3 is 0 Å². The van der Waals surface area contributed by atoms with Gasteiger partial charge in [-0.3, -0.25) is 4.79 Å². The molecule has 1 unspecified atom stereocenters. The summed E-state index contributed by atoms with van der Waals surface area (Å²) < 4.78 is 0. The highest BCUT2D eigenvalue weighted by molar-refractivity contribution is 5.81. The Balaban J connectivity index is 2.11. The number of aliphatic hydroxyl groups is 1. The zero-order valence-corrected chi connectivity index (χ0v) is 10.7. The number of rotatable bonds is 6. The lowest BCUT2D eigenvalue weighted by atomic mass is 10.0. The number of hydrogen-bond donors (Lipinski definition) is 3. The number of amides is 1. The van der Waals surface area contributed by atoms with Crippen LogP contribution in [0.2, 0.25) is 0 Å². The molecule has 1 heterocycles. The van der Waals surface area contributed by atoms with Gasteiger partial charge in [-0.2, -0.15) is 0 Å².